The molecule has 0 atom stereocenters. The van der Waals surface area contributed by atoms with E-state index in [4.69, 9.17) is 5.73 Å². The highest BCUT2D eigenvalue weighted by Gasteiger charge is 1.94. The first-order chi connectivity index (χ1) is 17.9. The van der Waals surface area contributed by atoms with Crippen molar-refractivity contribution in [3.8, 4) is 0 Å². The molecular formula is C29H65N7. The number of rotatable bonds is 32. The largest absolute Gasteiger partial charge is 0.390 e. The van der Waals surface area contributed by atoms with E-state index in [9.17, 15) is 0 Å². The Kier molecular flexibility index (Phi) is 33.6. The SMILES string of the molecule is CCCCCCCCCCCCCCCC=CNCCNCCNCCNCCNCCNCCN. The van der Waals surface area contributed by atoms with Gasteiger partial charge in [-0.25, -0.2) is 0 Å². The zero-order valence-corrected chi connectivity index (χ0v) is 24.1. The molecule has 0 fully saturated rings. The van der Waals surface area contributed by atoms with Crippen LogP contribution in [0.2, 0.25) is 0 Å². The van der Waals surface area contributed by atoms with Crippen LogP contribution in [-0.4, -0.2) is 78.5 Å². The quantitative estimate of drug-likeness (QED) is 0.0695. The first-order valence-electron chi connectivity index (χ1n) is 15.5. The zero-order chi connectivity index (χ0) is 26.0. The molecule has 0 saturated carbocycles. The minimum atomic E-state index is 0.706. The van der Waals surface area contributed by atoms with E-state index in [2.05, 4.69) is 51.1 Å². The molecule has 7 nitrogen and oxygen atoms in total. The van der Waals surface area contributed by atoms with Crippen LogP contribution < -0.4 is 37.6 Å². The first-order valence-corrected chi connectivity index (χ1v) is 15.5. The predicted octanol–water partition coefficient (Wildman–Crippen LogP) is 3.48. The lowest BCUT2D eigenvalue weighted by molar-refractivity contribution is 0.540. The van der Waals surface area contributed by atoms with Crippen LogP contribution in [0.4, 0.5) is 0 Å². The lowest BCUT2D eigenvalue weighted by atomic mass is 10.0. The van der Waals surface area contributed by atoms with Crippen molar-refractivity contribution in [2.24, 2.45) is 5.73 Å². The molecule has 0 aliphatic rings. The summed E-state index contributed by atoms with van der Waals surface area (Å²) in [4.78, 5) is 0. The maximum atomic E-state index is 5.44. The lowest BCUT2D eigenvalue weighted by Crippen LogP contribution is -2.37. The van der Waals surface area contributed by atoms with E-state index < -0.39 is 0 Å². The van der Waals surface area contributed by atoms with Gasteiger partial charge < -0.3 is 37.6 Å². The molecule has 7 heteroatoms. The van der Waals surface area contributed by atoms with E-state index >= 15 is 0 Å². The molecule has 0 aliphatic heterocycles. The average molecular weight is 512 g/mol. The molecule has 0 heterocycles. The number of hydrogen-bond acceptors (Lipinski definition) is 7. The van der Waals surface area contributed by atoms with Gasteiger partial charge in [0.15, 0.2) is 0 Å². The molecule has 36 heavy (non-hydrogen) atoms. The molecule has 8 N–H and O–H groups in total. The van der Waals surface area contributed by atoms with Crippen LogP contribution in [0, 0.1) is 0 Å². The minimum Gasteiger partial charge on any atom is -0.390 e. The van der Waals surface area contributed by atoms with Crippen LogP contribution in [0.5, 0.6) is 0 Å². The van der Waals surface area contributed by atoms with Gasteiger partial charge in [-0.15, -0.1) is 0 Å². The van der Waals surface area contributed by atoms with E-state index in [1.54, 1.807) is 0 Å². The number of hydrogen-bond donors (Lipinski definition) is 7. The van der Waals surface area contributed by atoms with Crippen molar-refractivity contribution in [3.63, 3.8) is 0 Å². The maximum Gasteiger partial charge on any atom is 0.0266 e. The van der Waals surface area contributed by atoms with Crippen LogP contribution in [0.15, 0.2) is 12.3 Å². The Bertz CT molecular complexity index is 407. The Labute approximate surface area is 225 Å². The second-order valence-electron chi connectivity index (χ2n) is 9.93. The maximum absolute atomic E-state index is 5.44. The van der Waals surface area contributed by atoms with Gasteiger partial charge in [-0.1, -0.05) is 90.0 Å². The number of nitrogens with two attached hydrogens (primary N) is 1. The fourth-order valence-corrected chi connectivity index (χ4v) is 4.12. The van der Waals surface area contributed by atoms with E-state index in [1.807, 2.05) is 0 Å². The standard InChI is InChI=1S/C29H65N7/c1-2-3-4-5-6-7-8-9-10-11-12-13-14-15-16-18-31-20-22-33-24-26-35-28-29-36-27-25-34-23-21-32-19-17-30/h16,18,31-36H,2-15,17,19-30H2,1H3. The van der Waals surface area contributed by atoms with Crippen molar-refractivity contribution < 1.29 is 0 Å². The fourth-order valence-electron chi connectivity index (χ4n) is 4.12. The second-order valence-corrected chi connectivity index (χ2v) is 9.93. The Hall–Kier alpha value is -0.700. The number of allylic oxidation sites excluding steroid dienone is 1. The first kappa shape index (κ1) is 35.3. The van der Waals surface area contributed by atoms with E-state index in [-0.39, 0.29) is 0 Å². The summed E-state index contributed by atoms with van der Waals surface area (Å²) in [7, 11) is 0. The van der Waals surface area contributed by atoms with E-state index in [1.165, 1.54) is 89.9 Å². The third-order valence-electron chi connectivity index (χ3n) is 6.39. The van der Waals surface area contributed by atoms with Gasteiger partial charge in [0.05, 0.1) is 0 Å². The smallest absolute Gasteiger partial charge is 0.0266 e. The third-order valence-corrected chi connectivity index (χ3v) is 6.39. The number of unbranched alkanes of at least 4 members (excludes halogenated alkanes) is 13. The van der Waals surface area contributed by atoms with Gasteiger partial charge in [-0.3, -0.25) is 0 Å². The van der Waals surface area contributed by atoms with Crippen molar-refractivity contribution in [3.05, 3.63) is 12.3 Å². The van der Waals surface area contributed by atoms with E-state index in [0.29, 0.717) is 6.54 Å². The van der Waals surface area contributed by atoms with Crippen LogP contribution in [0.1, 0.15) is 96.8 Å². The Morgan fingerprint density at radius 1 is 0.444 bits per heavy atom. The van der Waals surface area contributed by atoms with Gasteiger partial charge in [0.25, 0.3) is 0 Å². The zero-order valence-electron chi connectivity index (χ0n) is 24.1. The molecule has 0 radical (unpaired) electrons. The predicted molar refractivity (Wildman–Crippen MR) is 161 cm³/mol. The summed E-state index contributed by atoms with van der Waals surface area (Å²) in [5.74, 6) is 0. The van der Waals surface area contributed by atoms with Gasteiger partial charge in [-0.2, -0.15) is 0 Å². The second kappa shape index (κ2) is 34.3. The van der Waals surface area contributed by atoms with Crippen LogP contribution in [0.3, 0.4) is 0 Å². The van der Waals surface area contributed by atoms with Crippen molar-refractivity contribution in [1.29, 1.82) is 0 Å². The molecule has 0 amide bonds. The van der Waals surface area contributed by atoms with Crippen molar-refractivity contribution in [2.75, 3.05) is 78.5 Å². The Morgan fingerprint density at radius 2 is 0.806 bits per heavy atom. The van der Waals surface area contributed by atoms with Crippen LogP contribution >= 0.6 is 0 Å². The van der Waals surface area contributed by atoms with Crippen molar-refractivity contribution in [2.45, 2.75) is 96.8 Å². The normalized spacial score (nSPS) is 11.6. The van der Waals surface area contributed by atoms with Gasteiger partial charge in [0.1, 0.15) is 0 Å². The van der Waals surface area contributed by atoms with Crippen LogP contribution in [-0.2, 0) is 0 Å². The molecule has 0 aromatic heterocycles. The average Bonchev–Trinajstić information content (AvgIpc) is 2.89. The summed E-state index contributed by atoms with van der Waals surface area (Å²) in [6.07, 6.45) is 24.1. The molecule has 0 spiro atoms. The van der Waals surface area contributed by atoms with Crippen molar-refractivity contribution >= 4 is 0 Å². The third kappa shape index (κ3) is 33.3. The van der Waals surface area contributed by atoms with Gasteiger partial charge in [-0.05, 0) is 19.0 Å². The van der Waals surface area contributed by atoms with E-state index in [0.717, 1.165) is 72.0 Å². The Morgan fingerprint density at radius 3 is 1.22 bits per heavy atom. The molecule has 0 saturated heterocycles. The van der Waals surface area contributed by atoms with Gasteiger partial charge in [0, 0.05) is 78.5 Å². The molecule has 0 aromatic carbocycles. The van der Waals surface area contributed by atoms with Crippen LogP contribution in [0.25, 0.3) is 0 Å². The molecule has 0 bridgehead atoms. The highest BCUT2D eigenvalue weighted by molar-refractivity contribution is 4.79. The Balaban J connectivity index is 3.07. The molecular weight excluding hydrogens is 446 g/mol. The summed E-state index contributed by atoms with van der Waals surface area (Å²) in [5.41, 5.74) is 5.44. The summed E-state index contributed by atoms with van der Waals surface area (Å²) < 4.78 is 0. The summed E-state index contributed by atoms with van der Waals surface area (Å²) in [6.45, 7) is 13.9. The monoisotopic (exact) mass is 512 g/mol. The lowest BCUT2D eigenvalue weighted by Gasteiger charge is -2.09. The summed E-state index contributed by atoms with van der Waals surface area (Å²) in [6, 6.07) is 0. The van der Waals surface area contributed by atoms with Crippen molar-refractivity contribution in [1.82, 2.24) is 31.9 Å². The van der Waals surface area contributed by atoms with Gasteiger partial charge in [0.2, 0.25) is 0 Å². The molecule has 0 rings (SSSR count). The topological polar surface area (TPSA) is 98.2 Å². The minimum absolute atomic E-state index is 0.706. The number of nitrogens with one attached hydrogen (secondary N) is 6. The molecule has 0 unspecified atom stereocenters. The molecule has 216 valence electrons. The molecule has 0 aromatic rings. The highest BCUT2D eigenvalue weighted by atomic mass is 15.0. The summed E-state index contributed by atoms with van der Waals surface area (Å²) in [5, 5.41) is 20.5. The fraction of sp³-hybridized carbons (Fsp3) is 0.931. The summed E-state index contributed by atoms with van der Waals surface area (Å²) >= 11 is 0. The highest BCUT2D eigenvalue weighted by Crippen LogP contribution is 2.12. The van der Waals surface area contributed by atoms with Gasteiger partial charge >= 0.3 is 0 Å². The molecule has 0 aliphatic carbocycles.